The van der Waals surface area contributed by atoms with Crippen molar-refractivity contribution < 1.29 is 28.5 Å². The van der Waals surface area contributed by atoms with Gasteiger partial charge in [-0.15, -0.1) is 0 Å². The van der Waals surface area contributed by atoms with Crippen LogP contribution in [0.25, 0.3) is 6.08 Å². The predicted octanol–water partition coefficient (Wildman–Crippen LogP) is 7.41. The zero-order valence-electron chi connectivity index (χ0n) is 24.0. The van der Waals surface area contributed by atoms with E-state index < -0.39 is 5.97 Å². The van der Waals surface area contributed by atoms with Crippen LogP contribution in [0.3, 0.4) is 0 Å². The SMILES string of the molecule is C[C@H]1COC(=O)c2c(cccc2OCc2ccccc2)/C=C/COC[C@@H](OCc2ccccc2)C[C@@H]1OC/C=C/CBr. The minimum atomic E-state index is -0.432. The number of rotatable bonds is 10. The number of benzene rings is 3. The predicted molar refractivity (Wildman–Crippen MR) is 169 cm³/mol. The van der Waals surface area contributed by atoms with E-state index in [0.717, 1.165) is 16.5 Å². The number of halogens is 1. The molecule has 0 fully saturated rings. The largest absolute Gasteiger partial charge is 0.488 e. The van der Waals surface area contributed by atoms with E-state index in [0.29, 0.717) is 56.3 Å². The molecule has 0 saturated heterocycles. The average Bonchev–Trinajstić information content (AvgIpc) is 3.02. The number of allylic oxidation sites excluding steroid dienone is 1. The third kappa shape index (κ3) is 10.2. The van der Waals surface area contributed by atoms with Crippen molar-refractivity contribution in [2.75, 3.05) is 31.8 Å². The van der Waals surface area contributed by atoms with Crippen molar-refractivity contribution in [2.45, 2.75) is 38.8 Å². The van der Waals surface area contributed by atoms with E-state index in [9.17, 15) is 4.79 Å². The number of hydrogen-bond donors (Lipinski definition) is 0. The summed E-state index contributed by atoms with van der Waals surface area (Å²) in [5, 5.41) is 0.756. The number of fused-ring (bicyclic) bond motifs is 1. The maximum Gasteiger partial charge on any atom is 0.342 e. The quantitative estimate of drug-likeness (QED) is 0.131. The number of carbonyl (C=O) groups excluding carboxylic acids is 1. The molecule has 42 heavy (non-hydrogen) atoms. The Labute approximate surface area is 257 Å². The minimum absolute atomic E-state index is 0.0894. The molecular formula is C35H39BrO6. The molecule has 3 atom stereocenters. The maximum atomic E-state index is 13.5. The van der Waals surface area contributed by atoms with Gasteiger partial charge in [0.05, 0.1) is 45.2 Å². The molecule has 6 nitrogen and oxygen atoms in total. The van der Waals surface area contributed by atoms with Crippen molar-refractivity contribution in [1.82, 2.24) is 0 Å². The van der Waals surface area contributed by atoms with Gasteiger partial charge in [-0.3, -0.25) is 0 Å². The Balaban J connectivity index is 1.53. The fraction of sp³-hybridized carbons (Fsp3) is 0.343. The lowest BCUT2D eigenvalue weighted by Crippen LogP contribution is -2.34. The van der Waals surface area contributed by atoms with Gasteiger partial charge in [0.25, 0.3) is 0 Å². The highest BCUT2D eigenvalue weighted by Crippen LogP contribution is 2.27. The van der Waals surface area contributed by atoms with Crippen LogP contribution >= 0.6 is 15.9 Å². The number of ether oxygens (including phenoxy) is 5. The van der Waals surface area contributed by atoms with Gasteiger partial charge in [0.1, 0.15) is 17.9 Å². The lowest BCUT2D eigenvalue weighted by molar-refractivity contribution is -0.0707. The van der Waals surface area contributed by atoms with Crippen molar-refractivity contribution in [3.8, 4) is 5.75 Å². The molecule has 3 aromatic rings. The van der Waals surface area contributed by atoms with E-state index in [1.807, 2.05) is 104 Å². The van der Waals surface area contributed by atoms with Crippen LogP contribution in [0.4, 0.5) is 0 Å². The maximum absolute atomic E-state index is 13.5. The molecule has 222 valence electrons. The Morgan fingerprint density at radius 2 is 1.62 bits per heavy atom. The Kier molecular flexibility index (Phi) is 13.3. The Morgan fingerprint density at radius 3 is 2.36 bits per heavy atom. The van der Waals surface area contributed by atoms with E-state index >= 15 is 0 Å². The van der Waals surface area contributed by atoms with Gasteiger partial charge in [0.15, 0.2) is 0 Å². The summed E-state index contributed by atoms with van der Waals surface area (Å²) < 4.78 is 30.7. The first kappa shape index (κ1) is 31.7. The molecule has 0 N–H and O–H groups in total. The first-order chi connectivity index (χ1) is 20.6. The second-order valence-corrected chi connectivity index (χ2v) is 10.8. The fourth-order valence-electron chi connectivity index (χ4n) is 4.60. The molecule has 1 aliphatic heterocycles. The van der Waals surface area contributed by atoms with Crippen molar-refractivity contribution in [1.29, 1.82) is 0 Å². The van der Waals surface area contributed by atoms with Crippen LogP contribution in [0, 0.1) is 5.92 Å². The molecule has 0 spiro atoms. The van der Waals surface area contributed by atoms with Gasteiger partial charge in [-0.25, -0.2) is 4.79 Å². The molecule has 0 aromatic heterocycles. The summed E-state index contributed by atoms with van der Waals surface area (Å²) in [7, 11) is 0. The van der Waals surface area contributed by atoms with Crippen molar-refractivity contribution in [3.63, 3.8) is 0 Å². The summed E-state index contributed by atoms with van der Waals surface area (Å²) in [5.74, 6) is -0.0415. The van der Waals surface area contributed by atoms with Crippen molar-refractivity contribution in [3.05, 3.63) is 119 Å². The van der Waals surface area contributed by atoms with Crippen LogP contribution in [-0.4, -0.2) is 49.9 Å². The lowest BCUT2D eigenvalue weighted by Gasteiger charge is -2.28. The third-order valence-corrected chi connectivity index (χ3v) is 7.29. The topological polar surface area (TPSA) is 63.2 Å². The number of alkyl halides is 1. The number of carbonyl (C=O) groups is 1. The van der Waals surface area contributed by atoms with Crippen molar-refractivity contribution in [2.24, 2.45) is 5.92 Å². The van der Waals surface area contributed by atoms with Crippen LogP contribution in [0.1, 0.15) is 40.4 Å². The zero-order valence-corrected chi connectivity index (χ0v) is 25.6. The van der Waals surface area contributed by atoms with Gasteiger partial charge in [0.2, 0.25) is 0 Å². The van der Waals surface area contributed by atoms with Crippen LogP contribution in [0.2, 0.25) is 0 Å². The summed E-state index contributed by atoms with van der Waals surface area (Å²) in [4.78, 5) is 13.5. The summed E-state index contributed by atoms with van der Waals surface area (Å²) in [5.41, 5.74) is 3.22. The van der Waals surface area contributed by atoms with Crippen LogP contribution < -0.4 is 4.74 Å². The second kappa shape index (κ2) is 17.7. The van der Waals surface area contributed by atoms with Gasteiger partial charge < -0.3 is 23.7 Å². The summed E-state index contributed by atoms with van der Waals surface area (Å²) in [6, 6.07) is 25.5. The van der Waals surface area contributed by atoms with E-state index in [-0.39, 0.29) is 24.7 Å². The molecule has 1 aliphatic rings. The van der Waals surface area contributed by atoms with Crippen molar-refractivity contribution >= 4 is 28.0 Å². The second-order valence-electron chi connectivity index (χ2n) is 10.2. The number of cyclic esters (lactones) is 1. The Morgan fingerprint density at radius 1 is 0.881 bits per heavy atom. The molecule has 3 aromatic carbocycles. The van der Waals surface area contributed by atoms with Crippen LogP contribution in [0.5, 0.6) is 5.75 Å². The molecule has 7 heteroatoms. The lowest BCUT2D eigenvalue weighted by atomic mass is 9.99. The molecule has 0 radical (unpaired) electrons. The zero-order chi connectivity index (χ0) is 29.4. The molecule has 4 rings (SSSR count). The number of esters is 1. The molecule has 0 bridgehead atoms. The molecule has 0 saturated carbocycles. The first-order valence-corrected chi connectivity index (χ1v) is 15.5. The van der Waals surface area contributed by atoms with E-state index in [4.69, 9.17) is 23.7 Å². The molecule has 0 unspecified atom stereocenters. The Hall–Kier alpha value is -3.23. The smallest absolute Gasteiger partial charge is 0.342 e. The molecular weight excluding hydrogens is 596 g/mol. The first-order valence-electron chi connectivity index (χ1n) is 14.3. The van der Waals surface area contributed by atoms with Crippen LogP contribution in [0.15, 0.2) is 97.1 Å². The monoisotopic (exact) mass is 634 g/mol. The molecule has 0 aliphatic carbocycles. The van der Waals surface area contributed by atoms with E-state index in [1.165, 1.54) is 0 Å². The fourth-order valence-corrected chi connectivity index (χ4v) is 4.86. The van der Waals surface area contributed by atoms with Gasteiger partial charge in [-0.2, -0.15) is 0 Å². The standard InChI is InChI=1S/C35H39BrO6/c1-27-23-42-35(37)34-30(16-10-18-32(34)41-25-29-14-6-3-7-15-29)17-11-20-38-26-31(22-33(27)39-21-9-8-19-36)40-24-28-12-4-2-5-13-28/h2-18,27,31,33H,19-26H2,1H3/b9-8+,17-11+/t27-,31-,33-/m0/s1. The van der Waals surface area contributed by atoms with E-state index in [1.54, 1.807) is 6.07 Å². The van der Waals surface area contributed by atoms with E-state index in [2.05, 4.69) is 15.9 Å². The molecule has 1 heterocycles. The summed E-state index contributed by atoms with van der Waals surface area (Å²) in [6.45, 7) is 4.26. The molecule has 0 amide bonds. The Bertz CT molecular complexity index is 1280. The minimum Gasteiger partial charge on any atom is -0.488 e. The van der Waals surface area contributed by atoms with Gasteiger partial charge >= 0.3 is 5.97 Å². The van der Waals surface area contributed by atoms with Gasteiger partial charge in [0, 0.05) is 17.7 Å². The highest BCUT2D eigenvalue weighted by Gasteiger charge is 2.26. The number of hydrogen-bond acceptors (Lipinski definition) is 6. The summed E-state index contributed by atoms with van der Waals surface area (Å²) >= 11 is 3.41. The highest BCUT2D eigenvalue weighted by molar-refractivity contribution is 9.09. The van der Waals surface area contributed by atoms with Gasteiger partial charge in [-0.1, -0.05) is 120 Å². The third-order valence-electron chi connectivity index (χ3n) is 6.91. The van der Waals surface area contributed by atoms with Crippen LogP contribution in [-0.2, 0) is 32.2 Å². The normalized spacial score (nSPS) is 20.8. The summed E-state index contributed by atoms with van der Waals surface area (Å²) in [6.07, 6.45) is 7.93. The highest BCUT2D eigenvalue weighted by atomic mass is 79.9. The average molecular weight is 636 g/mol. The van der Waals surface area contributed by atoms with Gasteiger partial charge in [-0.05, 0) is 22.8 Å².